The van der Waals surface area contributed by atoms with Gasteiger partial charge in [0.15, 0.2) is 0 Å². The third-order valence-corrected chi connectivity index (χ3v) is 2.71. The van der Waals surface area contributed by atoms with Crippen LogP contribution in [0.4, 0.5) is 0 Å². The first-order valence-electron chi connectivity index (χ1n) is 4.86. The standard InChI is InChI=1S/C10H15N3/c1-8-3-2-4-13-10(8)9-5-11-7-12-6-9/h5-8,10,13H,2-4H2,1H3. The fourth-order valence-corrected chi connectivity index (χ4v) is 1.97. The molecule has 0 saturated carbocycles. The molecular formula is C10H15N3. The average Bonchev–Trinajstić information content (AvgIpc) is 2.20. The van der Waals surface area contributed by atoms with E-state index in [9.17, 15) is 0 Å². The first-order valence-corrected chi connectivity index (χ1v) is 4.86. The third kappa shape index (κ3) is 1.86. The fraction of sp³-hybridized carbons (Fsp3) is 0.600. The van der Waals surface area contributed by atoms with Gasteiger partial charge in [-0.15, -0.1) is 0 Å². The van der Waals surface area contributed by atoms with Crippen molar-refractivity contribution in [3.8, 4) is 0 Å². The Morgan fingerprint density at radius 1 is 1.38 bits per heavy atom. The molecule has 1 aromatic rings. The largest absolute Gasteiger partial charge is 0.310 e. The smallest absolute Gasteiger partial charge is 0.115 e. The predicted octanol–water partition coefficient (Wildman–Crippen LogP) is 1.54. The van der Waals surface area contributed by atoms with Gasteiger partial charge in [0.1, 0.15) is 6.33 Å². The molecule has 1 aliphatic heterocycles. The number of nitrogens with one attached hydrogen (secondary N) is 1. The van der Waals surface area contributed by atoms with Crippen molar-refractivity contribution in [3.05, 3.63) is 24.3 Å². The van der Waals surface area contributed by atoms with Crippen LogP contribution < -0.4 is 5.32 Å². The SMILES string of the molecule is CC1CCCNC1c1cncnc1. The first-order chi connectivity index (χ1) is 6.38. The second-order valence-corrected chi connectivity index (χ2v) is 3.72. The Bertz CT molecular complexity index is 260. The minimum absolute atomic E-state index is 0.454. The van der Waals surface area contributed by atoms with E-state index in [4.69, 9.17) is 0 Å². The van der Waals surface area contributed by atoms with Crippen molar-refractivity contribution >= 4 is 0 Å². The van der Waals surface area contributed by atoms with Crippen LogP contribution in [0.5, 0.6) is 0 Å². The third-order valence-electron chi connectivity index (χ3n) is 2.71. The van der Waals surface area contributed by atoms with Gasteiger partial charge in [-0.3, -0.25) is 0 Å². The lowest BCUT2D eigenvalue weighted by molar-refractivity contribution is 0.305. The highest BCUT2D eigenvalue weighted by molar-refractivity contribution is 5.11. The van der Waals surface area contributed by atoms with E-state index in [-0.39, 0.29) is 0 Å². The molecule has 0 spiro atoms. The van der Waals surface area contributed by atoms with E-state index in [1.54, 1.807) is 6.33 Å². The molecule has 0 radical (unpaired) electrons. The van der Waals surface area contributed by atoms with Crippen molar-refractivity contribution in [2.75, 3.05) is 6.54 Å². The van der Waals surface area contributed by atoms with E-state index in [1.807, 2.05) is 12.4 Å². The highest BCUT2D eigenvalue weighted by Crippen LogP contribution is 2.27. The number of aromatic nitrogens is 2. The summed E-state index contributed by atoms with van der Waals surface area (Å²) in [6.45, 7) is 3.40. The summed E-state index contributed by atoms with van der Waals surface area (Å²) in [4.78, 5) is 8.09. The quantitative estimate of drug-likeness (QED) is 0.707. The maximum absolute atomic E-state index is 4.04. The molecule has 3 heteroatoms. The normalized spacial score (nSPS) is 28.7. The molecule has 1 saturated heterocycles. The maximum atomic E-state index is 4.04. The van der Waals surface area contributed by atoms with Gasteiger partial charge < -0.3 is 5.32 Å². The topological polar surface area (TPSA) is 37.8 Å². The molecule has 0 bridgehead atoms. The Kier molecular flexibility index (Phi) is 2.54. The molecule has 1 aromatic heterocycles. The van der Waals surface area contributed by atoms with Crippen LogP contribution >= 0.6 is 0 Å². The van der Waals surface area contributed by atoms with Gasteiger partial charge in [-0.1, -0.05) is 6.92 Å². The Morgan fingerprint density at radius 2 is 2.15 bits per heavy atom. The molecule has 70 valence electrons. The Balaban J connectivity index is 2.15. The minimum Gasteiger partial charge on any atom is -0.310 e. The van der Waals surface area contributed by atoms with Gasteiger partial charge in [0.05, 0.1) is 0 Å². The molecule has 1 fully saturated rings. The monoisotopic (exact) mass is 177 g/mol. The summed E-state index contributed by atoms with van der Waals surface area (Å²) in [5.41, 5.74) is 1.22. The maximum Gasteiger partial charge on any atom is 0.115 e. The van der Waals surface area contributed by atoms with E-state index < -0.39 is 0 Å². The van der Waals surface area contributed by atoms with Crippen molar-refractivity contribution in [1.82, 2.24) is 15.3 Å². The summed E-state index contributed by atoms with van der Waals surface area (Å²) in [6.07, 6.45) is 7.98. The number of rotatable bonds is 1. The summed E-state index contributed by atoms with van der Waals surface area (Å²) in [5, 5.41) is 3.51. The summed E-state index contributed by atoms with van der Waals surface area (Å²) < 4.78 is 0. The van der Waals surface area contributed by atoms with Crippen molar-refractivity contribution in [2.45, 2.75) is 25.8 Å². The lowest BCUT2D eigenvalue weighted by atomic mass is 9.89. The van der Waals surface area contributed by atoms with Crippen molar-refractivity contribution in [1.29, 1.82) is 0 Å². The summed E-state index contributed by atoms with van der Waals surface area (Å²) in [5.74, 6) is 0.694. The van der Waals surface area contributed by atoms with Crippen LogP contribution in [-0.4, -0.2) is 16.5 Å². The lowest BCUT2D eigenvalue weighted by Gasteiger charge is -2.29. The van der Waals surface area contributed by atoms with Gasteiger partial charge in [-0.25, -0.2) is 9.97 Å². The lowest BCUT2D eigenvalue weighted by Crippen LogP contribution is -2.32. The van der Waals surface area contributed by atoms with Crippen LogP contribution in [-0.2, 0) is 0 Å². The Morgan fingerprint density at radius 3 is 2.85 bits per heavy atom. The summed E-state index contributed by atoms with van der Waals surface area (Å²) >= 11 is 0. The Hall–Kier alpha value is -0.960. The molecule has 1 aliphatic rings. The van der Waals surface area contributed by atoms with Gasteiger partial charge in [0.2, 0.25) is 0 Å². The first kappa shape index (κ1) is 8.63. The molecule has 3 nitrogen and oxygen atoms in total. The number of nitrogens with zero attached hydrogens (tertiary/aromatic N) is 2. The molecular weight excluding hydrogens is 162 g/mol. The second-order valence-electron chi connectivity index (χ2n) is 3.72. The zero-order valence-corrected chi connectivity index (χ0v) is 7.90. The van der Waals surface area contributed by atoms with Crippen LogP contribution in [0.15, 0.2) is 18.7 Å². The molecule has 0 aliphatic carbocycles. The van der Waals surface area contributed by atoms with Crippen LogP contribution in [0.1, 0.15) is 31.4 Å². The van der Waals surface area contributed by atoms with Gasteiger partial charge in [0.25, 0.3) is 0 Å². The van der Waals surface area contributed by atoms with Crippen molar-refractivity contribution in [3.63, 3.8) is 0 Å². The number of piperidine rings is 1. The molecule has 1 N–H and O–H groups in total. The van der Waals surface area contributed by atoms with E-state index in [0.717, 1.165) is 6.54 Å². The van der Waals surface area contributed by atoms with E-state index >= 15 is 0 Å². The van der Waals surface area contributed by atoms with Crippen LogP contribution in [0, 0.1) is 5.92 Å². The molecule has 2 atom stereocenters. The van der Waals surface area contributed by atoms with Crippen LogP contribution in [0.3, 0.4) is 0 Å². The number of hydrogen-bond donors (Lipinski definition) is 1. The van der Waals surface area contributed by atoms with Crippen molar-refractivity contribution in [2.24, 2.45) is 5.92 Å². The summed E-state index contributed by atoms with van der Waals surface area (Å²) in [6, 6.07) is 0.454. The average molecular weight is 177 g/mol. The van der Waals surface area contributed by atoms with Gasteiger partial charge in [0, 0.05) is 24.0 Å². The van der Waals surface area contributed by atoms with Gasteiger partial charge >= 0.3 is 0 Å². The zero-order valence-electron chi connectivity index (χ0n) is 7.90. The zero-order chi connectivity index (χ0) is 9.10. The fourth-order valence-electron chi connectivity index (χ4n) is 1.97. The second kappa shape index (κ2) is 3.83. The number of hydrogen-bond acceptors (Lipinski definition) is 3. The summed E-state index contributed by atoms with van der Waals surface area (Å²) in [7, 11) is 0. The molecule has 2 unspecified atom stereocenters. The van der Waals surface area contributed by atoms with Crippen LogP contribution in [0.25, 0.3) is 0 Å². The Labute approximate surface area is 78.6 Å². The van der Waals surface area contributed by atoms with Gasteiger partial charge in [-0.2, -0.15) is 0 Å². The van der Waals surface area contributed by atoms with E-state index in [2.05, 4.69) is 22.2 Å². The van der Waals surface area contributed by atoms with Gasteiger partial charge in [-0.05, 0) is 25.3 Å². The minimum atomic E-state index is 0.454. The van der Waals surface area contributed by atoms with E-state index in [0.29, 0.717) is 12.0 Å². The highest BCUT2D eigenvalue weighted by Gasteiger charge is 2.22. The molecule has 2 heterocycles. The highest BCUT2D eigenvalue weighted by atomic mass is 14.9. The predicted molar refractivity (Wildman–Crippen MR) is 51.2 cm³/mol. The molecule has 13 heavy (non-hydrogen) atoms. The molecule has 0 amide bonds. The van der Waals surface area contributed by atoms with Crippen molar-refractivity contribution < 1.29 is 0 Å². The molecule has 0 aromatic carbocycles. The van der Waals surface area contributed by atoms with E-state index in [1.165, 1.54) is 18.4 Å². The molecule has 2 rings (SSSR count). The van der Waals surface area contributed by atoms with Crippen LogP contribution in [0.2, 0.25) is 0 Å².